The lowest BCUT2D eigenvalue weighted by molar-refractivity contribution is -0.189. The summed E-state index contributed by atoms with van der Waals surface area (Å²) in [6.07, 6.45) is 0.806. The maximum atomic E-state index is 13.3. The fourth-order valence-electron chi connectivity index (χ4n) is 4.67. The first-order valence-electron chi connectivity index (χ1n) is 11.0. The maximum absolute atomic E-state index is 13.3. The molecule has 1 aliphatic carbocycles. The van der Waals surface area contributed by atoms with E-state index in [0.717, 1.165) is 10.1 Å². The van der Waals surface area contributed by atoms with Gasteiger partial charge in [-0.1, -0.05) is 24.3 Å². The molecule has 1 aromatic carbocycles. The van der Waals surface area contributed by atoms with Crippen LogP contribution in [0.4, 0.5) is 4.79 Å². The Balaban J connectivity index is 1.26. The summed E-state index contributed by atoms with van der Waals surface area (Å²) in [4.78, 5) is 28.4. The molecule has 3 heterocycles. The first kappa shape index (κ1) is 22.4. The molecule has 1 amide bonds. The van der Waals surface area contributed by atoms with Crippen molar-refractivity contribution in [2.24, 2.45) is 5.41 Å². The van der Waals surface area contributed by atoms with Crippen molar-refractivity contribution in [1.29, 1.82) is 0 Å². The monoisotopic (exact) mass is 485 g/mol. The lowest BCUT2D eigenvalue weighted by Gasteiger charge is -2.58. The van der Waals surface area contributed by atoms with Crippen LogP contribution >= 0.6 is 22.7 Å². The number of likely N-dealkylation sites (tertiary alicyclic amines) is 1. The molecule has 33 heavy (non-hydrogen) atoms. The number of carbonyl (C=O) groups excluding carboxylic acids is 2. The van der Waals surface area contributed by atoms with E-state index in [-0.39, 0.29) is 17.6 Å². The average Bonchev–Trinajstić information content (AvgIpc) is 3.36. The Labute approximate surface area is 200 Å². The van der Waals surface area contributed by atoms with E-state index in [1.165, 1.54) is 22.7 Å². The highest BCUT2D eigenvalue weighted by atomic mass is 32.1. The summed E-state index contributed by atoms with van der Waals surface area (Å²) in [6, 6.07) is 13.3. The van der Waals surface area contributed by atoms with Crippen molar-refractivity contribution in [1.82, 2.24) is 4.90 Å². The molecule has 1 atom stereocenters. The van der Waals surface area contributed by atoms with Crippen LogP contribution in [0.25, 0.3) is 10.1 Å². The zero-order valence-electron chi connectivity index (χ0n) is 18.9. The first-order valence-corrected chi connectivity index (χ1v) is 12.7. The Hall–Kier alpha value is -2.42. The van der Waals surface area contributed by atoms with Crippen LogP contribution in [0, 0.1) is 5.41 Å². The molecule has 0 radical (unpaired) electrons. The van der Waals surface area contributed by atoms with Gasteiger partial charge in [0, 0.05) is 23.2 Å². The minimum atomic E-state index is -1.83. The summed E-state index contributed by atoms with van der Waals surface area (Å²) in [5.74, 6) is -0.639. The van der Waals surface area contributed by atoms with Crippen LogP contribution in [0.1, 0.15) is 43.4 Å². The number of esters is 1. The molecule has 2 fully saturated rings. The van der Waals surface area contributed by atoms with E-state index in [0.29, 0.717) is 35.7 Å². The summed E-state index contributed by atoms with van der Waals surface area (Å²) in [5, 5.41) is 14.5. The van der Waals surface area contributed by atoms with Crippen molar-refractivity contribution in [3.8, 4) is 0 Å². The van der Waals surface area contributed by atoms with Crippen LogP contribution < -0.4 is 0 Å². The normalized spacial score (nSPS) is 19.6. The number of benzene rings is 1. The number of nitrogens with zero attached hydrogens (tertiary/aromatic N) is 1. The Morgan fingerprint density at radius 3 is 2.45 bits per heavy atom. The molecule has 1 unspecified atom stereocenters. The molecule has 174 valence electrons. The predicted molar refractivity (Wildman–Crippen MR) is 128 cm³/mol. The van der Waals surface area contributed by atoms with E-state index in [1.54, 1.807) is 11.0 Å². The average molecular weight is 486 g/mol. The van der Waals surface area contributed by atoms with E-state index in [4.69, 9.17) is 9.47 Å². The number of fused-ring (bicyclic) bond motifs is 1. The molecule has 6 nitrogen and oxygen atoms in total. The Morgan fingerprint density at radius 1 is 1.09 bits per heavy atom. The van der Waals surface area contributed by atoms with Gasteiger partial charge in [-0.2, -0.15) is 0 Å². The van der Waals surface area contributed by atoms with E-state index in [9.17, 15) is 14.7 Å². The molecule has 0 bridgehead atoms. The highest BCUT2D eigenvalue weighted by Crippen LogP contribution is 2.51. The molecule has 2 aliphatic rings. The van der Waals surface area contributed by atoms with E-state index in [1.807, 2.05) is 62.5 Å². The number of hydrogen-bond acceptors (Lipinski definition) is 7. The van der Waals surface area contributed by atoms with E-state index >= 15 is 0 Å². The van der Waals surface area contributed by atoms with Crippen LogP contribution in [-0.2, 0) is 19.9 Å². The van der Waals surface area contributed by atoms with Crippen molar-refractivity contribution < 1.29 is 24.2 Å². The van der Waals surface area contributed by atoms with E-state index < -0.39 is 17.2 Å². The number of thiophene rings is 2. The second-order valence-corrected chi connectivity index (χ2v) is 12.1. The van der Waals surface area contributed by atoms with Crippen molar-refractivity contribution >= 4 is 44.8 Å². The van der Waals surface area contributed by atoms with Crippen LogP contribution in [0.3, 0.4) is 0 Å². The molecular weight excluding hydrogens is 458 g/mol. The van der Waals surface area contributed by atoms with Gasteiger partial charge < -0.3 is 19.5 Å². The van der Waals surface area contributed by atoms with Gasteiger partial charge in [0.2, 0.25) is 5.60 Å². The van der Waals surface area contributed by atoms with E-state index in [2.05, 4.69) is 0 Å². The molecule has 2 aromatic heterocycles. The van der Waals surface area contributed by atoms with Gasteiger partial charge in [0.05, 0.1) is 9.75 Å². The number of ether oxygens (including phenoxy) is 2. The summed E-state index contributed by atoms with van der Waals surface area (Å²) in [5.41, 5.74) is -2.36. The Kier molecular flexibility index (Phi) is 5.30. The quantitative estimate of drug-likeness (QED) is 0.518. The number of carbonyl (C=O) groups is 2. The standard InChI is InChI=1S/C25H27NO5S2/c1-23(2,3)31-22(28)26-14-24(15-26)12-17(13-24)30-21(27)25(29,19-9-6-10-32-19)20-11-16-7-4-5-8-18(16)33-20/h4-11,17,29H,12-15H2,1-3H3. The highest BCUT2D eigenvalue weighted by molar-refractivity contribution is 7.19. The number of rotatable bonds is 4. The van der Waals surface area contributed by atoms with Crippen molar-refractivity contribution in [3.05, 3.63) is 57.6 Å². The van der Waals surface area contributed by atoms with Gasteiger partial charge in [-0.3, -0.25) is 0 Å². The summed E-state index contributed by atoms with van der Waals surface area (Å²) >= 11 is 2.74. The van der Waals surface area contributed by atoms with Crippen LogP contribution in [-0.4, -0.2) is 46.9 Å². The predicted octanol–water partition coefficient (Wildman–Crippen LogP) is 5.14. The topological polar surface area (TPSA) is 76.1 Å². The van der Waals surface area contributed by atoms with Gasteiger partial charge in [0.15, 0.2) is 0 Å². The molecule has 1 aliphatic heterocycles. The largest absolute Gasteiger partial charge is 0.460 e. The second kappa shape index (κ2) is 7.82. The van der Waals surface area contributed by atoms with Gasteiger partial charge in [0.25, 0.3) is 0 Å². The smallest absolute Gasteiger partial charge is 0.410 e. The molecule has 1 N–H and O–H groups in total. The molecule has 1 saturated carbocycles. The van der Waals surface area contributed by atoms with Gasteiger partial charge in [0.1, 0.15) is 11.7 Å². The van der Waals surface area contributed by atoms with Crippen molar-refractivity contribution in [2.45, 2.75) is 50.9 Å². The summed E-state index contributed by atoms with van der Waals surface area (Å²) in [6.45, 7) is 6.78. The fraction of sp³-hybridized carbons (Fsp3) is 0.440. The number of aliphatic hydroxyl groups is 1. The van der Waals surface area contributed by atoms with Crippen LogP contribution in [0.2, 0.25) is 0 Å². The third-order valence-electron chi connectivity index (χ3n) is 6.25. The zero-order valence-corrected chi connectivity index (χ0v) is 20.5. The third-order valence-corrected chi connectivity index (χ3v) is 8.46. The van der Waals surface area contributed by atoms with Gasteiger partial charge >= 0.3 is 12.1 Å². The van der Waals surface area contributed by atoms with Crippen LogP contribution in [0.15, 0.2) is 47.8 Å². The van der Waals surface area contributed by atoms with Crippen molar-refractivity contribution in [3.63, 3.8) is 0 Å². The van der Waals surface area contributed by atoms with Crippen LogP contribution in [0.5, 0.6) is 0 Å². The Morgan fingerprint density at radius 2 is 1.82 bits per heavy atom. The minimum absolute atomic E-state index is 0.0134. The lowest BCUT2D eigenvalue weighted by atomic mass is 9.62. The van der Waals surface area contributed by atoms with Gasteiger partial charge in [-0.25, -0.2) is 9.59 Å². The molecule has 3 aromatic rings. The summed E-state index contributed by atoms with van der Waals surface area (Å²) < 4.78 is 12.3. The summed E-state index contributed by atoms with van der Waals surface area (Å²) in [7, 11) is 0. The molecule has 8 heteroatoms. The fourth-order valence-corrected chi connectivity index (χ4v) is 6.72. The minimum Gasteiger partial charge on any atom is -0.460 e. The number of hydrogen-bond donors (Lipinski definition) is 1. The lowest BCUT2D eigenvalue weighted by Crippen LogP contribution is -2.66. The number of amides is 1. The van der Waals surface area contributed by atoms with Gasteiger partial charge in [-0.05, 0) is 62.6 Å². The SMILES string of the molecule is CC(C)(C)OC(=O)N1CC2(CC(OC(=O)C(O)(c3cccs3)c3cc4ccccc4s3)C2)C1. The highest BCUT2D eigenvalue weighted by Gasteiger charge is 2.57. The third kappa shape index (κ3) is 4.05. The molecular formula is C25H27NO5S2. The molecule has 1 spiro atoms. The zero-order chi connectivity index (χ0) is 23.4. The molecule has 1 saturated heterocycles. The van der Waals surface area contributed by atoms with Crippen molar-refractivity contribution in [2.75, 3.05) is 13.1 Å². The first-order chi connectivity index (χ1) is 15.6. The molecule has 5 rings (SSSR count). The second-order valence-electron chi connectivity index (χ2n) is 10.1. The maximum Gasteiger partial charge on any atom is 0.410 e. The Bertz CT molecular complexity index is 1150. The van der Waals surface area contributed by atoms with Gasteiger partial charge in [-0.15, -0.1) is 22.7 Å².